The molecule has 0 aromatic heterocycles. The molecule has 0 saturated carbocycles. The molecule has 2 atom stereocenters. The SMILES string of the molecule is C.C.C.C.C.C.C.C.CCCC.CCCCC(C)CCC.CCCCCC.CCCCCCC(C)C.CCCCCCC(C)CCC. The number of unbranched alkanes of at least 4 members (excludes halogenated alkanes) is 11. The molecule has 0 amide bonds. The van der Waals surface area contributed by atoms with Gasteiger partial charge in [0.25, 0.3) is 0 Å². The Bertz CT molecular complexity index is 312. The number of hydrogen-bond donors (Lipinski definition) is 0. The smallest absolute Gasteiger partial charge is 0.0443 e. The van der Waals surface area contributed by atoms with Crippen molar-refractivity contribution in [2.24, 2.45) is 17.8 Å². The molecular formula is C47H120. The van der Waals surface area contributed by atoms with Gasteiger partial charge in [-0.05, 0) is 17.8 Å². The maximum absolute atomic E-state index is 2.38. The van der Waals surface area contributed by atoms with E-state index in [-0.39, 0.29) is 59.4 Å². The largest absolute Gasteiger partial charge is 0.0776 e. The minimum Gasteiger partial charge on any atom is -0.0776 e. The molecule has 47 heavy (non-hydrogen) atoms. The summed E-state index contributed by atoms with van der Waals surface area (Å²) in [5.74, 6) is 2.84. The normalized spacial score (nSPS) is 9.57. The molecule has 2 unspecified atom stereocenters. The van der Waals surface area contributed by atoms with Gasteiger partial charge in [0.2, 0.25) is 0 Å². The zero-order valence-corrected chi connectivity index (χ0v) is 31.0. The highest BCUT2D eigenvalue weighted by Crippen LogP contribution is 2.15. The second-order valence-electron chi connectivity index (χ2n) is 12.7. The van der Waals surface area contributed by atoms with Crippen LogP contribution in [-0.4, -0.2) is 0 Å². The highest BCUT2D eigenvalue weighted by molar-refractivity contribution is 4.52. The van der Waals surface area contributed by atoms with Gasteiger partial charge in [-0.15, -0.1) is 0 Å². The summed E-state index contributed by atoms with van der Waals surface area (Å²) >= 11 is 0. The van der Waals surface area contributed by atoms with Gasteiger partial charge in [-0.2, -0.15) is 0 Å². The molecule has 0 radical (unpaired) electrons. The fourth-order valence-electron chi connectivity index (χ4n) is 4.23. The van der Waals surface area contributed by atoms with Gasteiger partial charge in [0.15, 0.2) is 0 Å². The first-order chi connectivity index (χ1) is 18.7. The molecule has 0 aromatic rings. The second-order valence-corrected chi connectivity index (χ2v) is 12.7. The van der Waals surface area contributed by atoms with Crippen LogP contribution in [0.15, 0.2) is 0 Å². The minimum absolute atomic E-state index is 0. The Morgan fingerprint density at radius 3 is 0.723 bits per heavy atom. The highest BCUT2D eigenvalue weighted by atomic mass is 14.1. The lowest BCUT2D eigenvalue weighted by molar-refractivity contribution is 0.455. The first-order valence-corrected chi connectivity index (χ1v) is 18.7. The molecule has 0 rings (SSSR count). The van der Waals surface area contributed by atoms with Gasteiger partial charge >= 0.3 is 0 Å². The van der Waals surface area contributed by atoms with Gasteiger partial charge in [-0.3, -0.25) is 0 Å². The molecule has 0 aromatic carbocycles. The molecule has 0 aliphatic carbocycles. The monoisotopic (exact) mass is 685 g/mol. The van der Waals surface area contributed by atoms with Crippen molar-refractivity contribution in [3.05, 3.63) is 0 Å². The van der Waals surface area contributed by atoms with Crippen molar-refractivity contribution in [3.63, 3.8) is 0 Å². The molecule has 0 bridgehead atoms. The van der Waals surface area contributed by atoms with Crippen molar-refractivity contribution >= 4 is 0 Å². The third kappa shape index (κ3) is 132. The summed E-state index contributed by atoms with van der Waals surface area (Å²) in [4.78, 5) is 0. The maximum Gasteiger partial charge on any atom is -0.0443 e. The molecule has 0 nitrogen and oxygen atoms in total. The topological polar surface area (TPSA) is 0 Å². The van der Waals surface area contributed by atoms with Crippen molar-refractivity contribution in [3.8, 4) is 0 Å². The van der Waals surface area contributed by atoms with Crippen molar-refractivity contribution < 1.29 is 0 Å². The molecule has 0 N–H and O–H groups in total. The molecule has 0 heterocycles. The van der Waals surface area contributed by atoms with Gasteiger partial charge in [0.1, 0.15) is 0 Å². The summed E-state index contributed by atoms with van der Waals surface area (Å²) in [6.07, 6.45) is 32.2. The fraction of sp³-hybridized carbons (Fsp3) is 1.00. The average Bonchev–Trinajstić information content (AvgIpc) is 2.92. The lowest BCUT2D eigenvalue weighted by Crippen LogP contribution is -1.93. The Labute approximate surface area is 314 Å². The number of rotatable bonds is 21. The highest BCUT2D eigenvalue weighted by Gasteiger charge is 1.99. The van der Waals surface area contributed by atoms with Crippen LogP contribution in [0.5, 0.6) is 0 Å². The van der Waals surface area contributed by atoms with Crippen LogP contribution in [0.3, 0.4) is 0 Å². The predicted octanol–water partition coefficient (Wildman–Crippen LogP) is 21.1. The van der Waals surface area contributed by atoms with E-state index in [2.05, 4.69) is 90.0 Å². The predicted molar refractivity (Wildman–Crippen MR) is 244 cm³/mol. The van der Waals surface area contributed by atoms with Crippen LogP contribution in [0.2, 0.25) is 0 Å². The number of hydrogen-bond acceptors (Lipinski definition) is 0. The lowest BCUT2D eigenvalue weighted by atomic mass is 9.98. The van der Waals surface area contributed by atoms with Crippen LogP contribution in [-0.2, 0) is 0 Å². The lowest BCUT2D eigenvalue weighted by Gasteiger charge is -2.08. The van der Waals surface area contributed by atoms with Gasteiger partial charge in [-0.25, -0.2) is 0 Å². The van der Waals surface area contributed by atoms with Gasteiger partial charge < -0.3 is 0 Å². The van der Waals surface area contributed by atoms with E-state index in [4.69, 9.17) is 0 Å². The Kier molecular flexibility index (Phi) is 167. The summed E-state index contributed by atoms with van der Waals surface area (Å²) in [6.45, 7) is 29.5. The minimum atomic E-state index is 0. The third-order valence-corrected chi connectivity index (χ3v) is 7.26. The fourth-order valence-corrected chi connectivity index (χ4v) is 4.23. The van der Waals surface area contributed by atoms with Crippen molar-refractivity contribution in [2.75, 3.05) is 0 Å². The summed E-state index contributed by atoms with van der Waals surface area (Å²) < 4.78 is 0. The zero-order chi connectivity index (χ0) is 31.0. The summed E-state index contributed by atoms with van der Waals surface area (Å²) in [5, 5.41) is 0. The summed E-state index contributed by atoms with van der Waals surface area (Å²) in [5.41, 5.74) is 0. The molecule has 0 saturated heterocycles. The standard InChI is InChI=1S/C11H24.2C9H20.C6H14.C4H10.8CH4/c1-4-6-7-8-10-11(3)9-5-2;1-4-5-6-7-8-9(2)3;1-4-6-8-9(3)7-5-2;1-3-5-6-4-2;1-3-4-2;;;;;;;;/h11H,4-10H2,1-3H3;2*9H,4-8H2,1-3H3;3-6H2,1-2H3;3-4H2,1-2H3;8*1H4. The van der Waals surface area contributed by atoms with Crippen molar-refractivity contribution in [2.45, 2.75) is 297 Å². The van der Waals surface area contributed by atoms with E-state index >= 15 is 0 Å². The Hall–Kier alpha value is 0. The van der Waals surface area contributed by atoms with Crippen LogP contribution >= 0.6 is 0 Å². The first kappa shape index (κ1) is 86.0. The first-order valence-electron chi connectivity index (χ1n) is 18.7. The van der Waals surface area contributed by atoms with E-state index in [1.165, 1.54) is 148 Å². The molecule has 0 fully saturated rings. The Balaban J connectivity index is -0.0000000275. The maximum atomic E-state index is 2.38. The van der Waals surface area contributed by atoms with E-state index in [9.17, 15) is 0 Å². The van der Waals surface area contributed by atoms with Crippen LogP contribution in [0.25, 0.3) is 0 Å². The summed E-state index contributed by atoms with van der Waals surface area (Å²) in [7, 11) is 0. The summed E-state index contributed by atoms with van der Waals surface area (Å²) in [6, 6.07) is 0. The van der Waals surface area contributed by atoms with E-state index in [0.717, 1.165) is 17.8 Å². The van der Waals surface area contributed by atoms with E-state index in [0.29, 0.717) is 0 Å². The molecular weight excluding hydrogens is 565 g/mol. The van der Waals surface area contributed by atoms with Gasteiger partial charge in [-0.1, -0.05) is 297 Å². The molecule has 0 aliphatic rings. The van der Waals surface area contributed by atoms with Crippen LogP contribution < -0.4 is 0 Å². The van der Waals surface area contributed by atoms with Crippen LogP contribution in [0, 0.1) is 17.8 Å². The van der Waals surface area contributed by atoms with E-state index in [1.54, 1.807) is 0 Å². The zero-order valence-electron chi connectivity index (χ0n) is 31.0. The van der Waals surface area contributed by atoms with Crippen molar-refractivity contribution in [1.29, 1.82) is 0 Å². The Morgan fingerprint density at radius 2 is 0.489 bits per heavy atom. The average molecular weight is 685 g/mol. The van der Waals surface area contributed by atoms with E-state index in [1.807, 2.05) is 0 Å². The van der Waals surface area contributed by atoms with E-state index < -0.39 is 0 Å². The molecule has 0 spiro atoms. The van der Waals surface area contributed by atoms with Crippen LogP contribution in [0.4, 0.5) is 0 Å². The molecule has 0 heteroatoms. The van der Waals surface area contributed by atoms with Crippen molar-refractivity contribution in [1.82, 2.24) is 0 Å². The van der Waals surface area contributed by atoms with Gasteiger partial charge in [0.05, 0.1) is 0 Å². The van der Waals surface area contributed by atoms with Gasteiger partial charge in [0, 0.05) is 0 Å². The second kappa shape index (κ2) is 91.0. The quantitative estimate of drug-likeness (QED) is 0.106. The molecule has 308 valence electrons. The third-order valence-electron chi connectivity index (χ3n) is 7.26. The molecule has 0 aliphatic heterocycles. The Morgan fingerprint density at radius 1 is 0.234 bits per heavy atom. The van der Waals surface area contributed by atoms with Crippen LogP contribution in [0.1, 0.15) is 297 Å².